The third-order valence-corrected chi connectivity index (χ3v) is 4.42. The molecule has 1 aliphatic rings. The van der Waals surface area contributed by atoms with E-state index in [4.69, 9.17) is 9.84 Å². The minimum atomic E-state index is -1.16. The number of para-hydroxylation sites is 1. The van der Waals surface area contributed by atoms with E-state index < -0.39 is 30.4 Å². The first kappa shape index (κ1) is 19.8. The Labute approximate surface area is 166 Å². The number of nitrogens with zero attached hydrogens (tertiary/aromatic N) is 1. The summed E-state index contributed by atoms with van der Waals surface area (Å²) in [5.74, 6) is -2.59. The van der Waals surface area contributed by atoms with Gasteiger partial charge in [0.2, 0.25) is 0 Å². The lowest BCUT2D eigenvalue weighted by Crippen LogP contribution is -2.54. The van der Waals surface area contributed by atoms with Crippen molar-refractivity contribution in [1.82, 2.24) is 5.32 Å². The number of benzene rings is 2. The fourth-order valence-corrected chi connectivity index (χ4v) is 2.78. The molecule has 0 radical (unpaired) electrons. The molecule has 1 aliphatic heterocycles. The van der Waals surface area contributed by atoms with Gasteiger partial charge in [0.15, 0.2) is 6.61 Å². The molecule has 0 atom stereocenters. The zero-order valence-electron chi connectivity index (χ0n) is 15.8. The van der Waals surface area contributed by atoms with Crippen LogP contribution in [0.2, 0.25) is 0 Å². The molecule has 2 aromatic carbocycles. The van der Waals surface area contributed by atoms with Gasteiger partial charge in [0.1, 0.15) is 11.3 Å². The molecule has 8 nitrogen and oxygen atoms in total. The molecule has 8 heteroatoms. The van der Waals surface area contributed by atoms with Gasteiger partial charge in [0.25, 0.3) is 11.8 Å². The fourth-order valence-electron chi connectivity index (χ4n) is 2.78. The molecule has 148 valence electrons. The summed E-state index contributed by atoms with van der Waals surface area (Å²) in [6.45, 7) is 3.18. The number of carbonyl (C=O) groups is 4. The number of nitrogens with one attached hydrogen (secondary N) is 1. The highest BCUT2D eigenvalue weighted by Crippen LogP contribution is 2.26. The first-order chi connectivity index (χ1) is 13.8. The Balaban J connectivity index is 2.00. The van der Waals surface area contributed by atoms with Crippen LogP contribution in [0.3, 0.4) is 0 Å². The highest BCUT2D eigenvalue weighted by atomic mass is 16.5. The Bertz CT molecular complexity index is 1060. The van der Waals surface area contributed by atoms with Crippen molar-refractivity contribution >= 4 is 35.6 Å². The Morgan fingerprint density at radius 1 is 1.10 bits per heavy atom. The van der Waals surface area contributed by atoms with Crippen LogP contribution in [0.15, 0.2) is 48.0 Å². The van der Waals surface area contributed by atoms with Gasteiger partial charge in [-0.1, -0.05) is 24.3 Å². The van der Waals surface area contributed by atoms with E-state index in [0.717, 1.165) is 16.0 Å². The summed E-state index contributed by atoms with van der Waals surface area (Å²) in [4.78, 5) is 49.2. The summed E-state index contributed by atoms with van der Waals surface area (Å²) in [6.07, 6.45) is 1.27. The highest BCUT2D eigenvalue weighted by Gasteiger charge is 2.37. The van der Waals surface area contributed by atoms with E-state index in [1.54, 1.807) is 36.4 Å². The summed E-state index contributed by atoms with van der Waals surface area (Å²) >= 11 is 0. The molecular formula is C21H18N2O6. The van der Waals surface area contributed by atoms with Crippen LogP contribution in [0.5, 0.6) is 5.75 Å². The maximum atomic E-state index is 13.0. The molecule has 2 aromatic rings. The number of aliphatic carboxylic acids is 1. The number of carboxylic acids is 1. The molecule has 1 heterocycles. The van der Waals surface area contributed by atoms with E-state index in [0.29, 0.717) is 11.3 Å². The smallest absolute Gasteiger partial charge is 0.341 e. The third-order valence-electron chi connectivity index (χ3n) is 4.42. The number of carboxylic acid groups (broad SMARTS) is 1. The summed E-state index contributed by atoms with van der Waals surface area (Å²) in [6, 6.07) is 10.6. The second kappa shape index (κ2) is 7.97. The summed E-state index contributed by atoms with van der Waals surface area (Å²) in [5, 5.41) is 11.0. The fraction of sp³-hybridized carbons (Fsp3) is 0.143. The summed E-state index contributed by atoms with van der Waals surface area (Å²) in [5.41, 5.74) is 2.29. The predicted octanol–water partition coefficient (Wildman–Crippen LogP) is 2.43. The van der Waals surface area contributed by atoms with E-state index in [9.17, 15) is 19.2 Å². The van der Waals surface area contributed by atoms with Crippen LogP contribution in [0.4, 0.5) is 10.5 Å². The van der Waals surface area contributed by atoms with E-state index in [1.807, 2.05) is 13.8 Å². The van der Waals surface area contributed by atoms with Crippen LogP contribution >= 0.6 is 0 Å². The average Bonchev–Trinajstić information content (AvgIpc) is 2.66. The first-order valence-electron chi connectivity index (χ1n) is 8.70. The normalized spacial score (nSPS) is 15.4. The lowest BCUT2D eigenvalue weighted by atomic mass is 10.0. The van der Waals surface area contributed by atoms with Gasteiger partial charge in [-0.3, -0.25) is 14.9 Å². The van der Waals surface area contributed by atoms with Gasteiger partial charge in [-0.2, -0.15) is 0 Å². The zero-order chi connectivity index (χ0) is 21.1. The number of carbonyl (C=O) groups excluding carboxylic acids is 3. The Morgan fingerprint density at radius 3 is 2.52 bits per heavy atom. The number of barbiturate groups is 1. The number of imide groups is 2. The predicted molar refractivity (Wildman–Crippen MR) is 104 cm³/mol. The molecular weight excluding hydrogens is 376 g/mol. The number of anilines is 1. The van der Waals surface area contributed by atoms with Crippen molar-refractivity contribution in [3.8, 4) is 5.75 Å². The number of amides is 4. The molecule has 4 amide bonds. The molecule has 0 aromatic heterocycles. The number of ether oxygens (including phenoxy) is 1. The van der Waals surface area contributed by atoms with Crippen molar-refractivity contribution in [2.45, 2.75) is 13.8 Å². The minimum Gasteiger partial charge on any atom is -0.481 e. The Kier molecular flexibility index (Phi) is 5.45. The number of hydrogen-bond donors (Lipinski definition) is 2. The van der Waals surface area contributed by atoms with Crippen molar-refractivity contribution < 1.29 is 29.0 Å². The minimum absolute atomic E-state index is 0.192. The van der Waals surface area contributed by atoms with Crippen LogP contribution in [-0.2, 0) is 14.4 Å². The van der Waals surface area contributed by atoms with Crippen LogP contribution in [0.25, 0.3) is 6.08 Å². The maximum absolute atomic E-state index is 13.0. The second-order valence-corrected chi connectivity index (χ2v) is 6.45. The number of rotatable bonds is 5. The highest BCUT2D eigenvalue weighted by molar-refractivity contribution is 6.39. The molecule has 0 spiro atoms. The van der Waals surface area contributed by atoms with Crippen molar-refractivity contribution in [2.24, 2.45) is 0 Å². The van der Waals surface area contributed by atoms with Crippen LogP contribution < -0.4 is 15.0 Å². The average molecular weight is 394 g/mol. The third kappa shape index (κ3) is 4.16. The summed E-state index contributed by atoms with van der Waals surface area (Å²) < 4.78 is 5.20. The van der Waals surface area contributed by atoms with Crippen LogP contribution in [0.1, 0.15) is 16.7 Å². The second-order valence-electron chi connectivity index (χ2n) is 6.45. The molecule has 1 fully saturated rings. The van der Waals surface area contributed by atoms with E-state index >= 15 is 0 Å². The number of urea groups is 1. The van der Waals surface area contributed by atoms with Gasteiger partial charge < -0.3 is 9.84 Å². The number of hydrogen-bond acceptors (Lipinski definition) is 5. The lowest BCUT2D eigenvalue weighted by Gasteiger charge is -2.27. The molecule has 0 saturated carbocycles. The van der Waals surface area contributed by atoms with E-state index in [1.165, 1.54) is 12.1 Å². The van der Waals surface area contributed by atoms with Gasteiger partial charge >= 0.3 is 12.0 Å². The molecule has 0 aliphatic carbocycles. The first-order valence-corrected chi connectivity index (χ1v) is 8.70. The topological polar surface area (TPSA) is 113 Å². The molecule has 0 bridgehead atoms. The SMILES string of the molecule is Cc1ccc(N2C(=O)NC(=O)/C(=C\c3ccccc3OCC(=O)O)C2=O)cc1C. The molecule has 3 rings (SSSR count). The Hall–Kier alpha value is -3.94. The van der Waals surface area contributed by atoms with Crippen molar-refractivity contribution in [1.29, 1.82) is 0 Å². The summed E-state index contributed by atoms with van der Waals surface area (Å²) in [7, 11) is 0. The van der Waals surface area contributed by atoms with Gasteiger partial charge in [-0.15, -0.1) is 0 Å². The van der Waals surface area contributed by atoms with Crippen molar-refractivity contribution in [3.63, 3.8) is 0 Å². The lowest BCUT2D eigenvalue weighted by molar-refractivity contribution is -0.139. The van der Waals surface area contributed by atoms with Crippen molar-refractivity contribution in [2.75, 3.05) is 11.5 Å². The van der Waals surface area contributed by atoms with Crippen LogP contribution in [-0.4, -0.2) is 35.5 Å². The quantitative estimate of drug-likeness (QED) is 0.595. The van der Waals surface area contributed by atoms with Crippen molar-refractivity contribution in [3.05, 3.63) is 64.7 Å². The molecule has 2 N–H and O–H groups in total. The molecule has 29 heavy (non-hydrogen) atoms. The zero-order valence-corrected chi connectivity index (χ0v) is 15.8. The Morgan fingerprint density at radius 2 is 1.83 bits per heavy atom. The largest absolute Gasteiger partial charge is 0.481 e. The molecule has 1 saturated heterocycles. The van der Waals surface area contributed by atoms with Gasteiger partial charge in [-0.25, -0.2) is 14.5 Å². The van der Waals surface area contributed by atoms with E-state index in [2.05, 4.69) is 5.32 Å². The number of aryl methyl sites for hydroxylation is 2. The molecule has 0 unspecified atom stereocenters. The maximum Gasteiger partial charge on any atom is 0.341 e. The van der Waals surface area contributed by atoms with E-state index in [-0.39, 0.29) is 11.3 Å². The van der Waals surface area contributed by atoms with Gasteiger partial charge in [0, 0.05) is 5.56 Å². The van der Waals surface area contributed by atoms with Crippen LogP contribution in [0, 0.1) is 13.8 Å². The monoisotopic (exact) mass is 394 g/mol. The van der Waals surface area contributed by atoms with Gasteiger partial charge in [-0.05, 0) is 49.2 Å². The standard InChI is InChI=1S/C21H18N2O6/c1-12-7-8-15(9-13(12)2)23-20(27)16(19(26)22-21(23)28)10-14-5-3-4-6-17(14)29-11-18(24)25/h3-10H,11H2,1-2H3,(H,24,25)(H,22,26,28)/b16-10+. The van der Waals surface area contributed by atoms with Gasteiger partial charge in [0.05, 0.1) is 5.69 Å².